The van der Waals surface area contributed by atoms with Gasteiger partial charge in [0, 0.05) is 6.07 Å². The minimum Gasteiger partial charge on any atom is -0.872 e. The third-order valence-corrected chi connectivity index (χ3v) is 11.1. The number of hydrogen-bond acceptors (Lipinski definition) is 9. The number of hydrogen-bond donors (Lipinski definition) is 2. The molecule has 10 nitrogen and oxygen atoms in total. The Morgan fingerprint density at radius 2 is 0.877 bits per heavy atom. The predicted molar refractivity (Wildman–Crippen MR) is 223 cm³/mol. The van der Waals surface area contributed by atoms with E-state index in [4.69, 9.17) is 14.0 Å². The fourth-order valence-corrected chi connectivity index (χ4v) is 7.10. The first-order chi connectivity index (χ1) is 26.8. The summed E-state index contributed by atoms with van der Waals surface area (Å²) >= 11 is 0. The van der Waals surface area contributed by atoms with Crippen molar-refractivity contribution < 1.29 is 45.6 Å². The maximum Gasteiger partial charge on any atom is 2.00 e. The number of ether oxygens (including phenoxy) is 2. The molecule has 2 N–H and O–H groups in total. The van der Waals surface area contributed by atoms with Crippen LogP contribution in [0.2, 0.25) is 0 Å². The quantitative estimate of drug-likeness (QED) is 0.0392. The molecule has 13 heteroatoms. The molecular weight excluding hydrogens is 793 g/mol. The zero-order valence-corrected chi connectivity index (χ0v) is 37.3. The Balaban J connectivity index is 0.000000387. The van der Waals surface area contributed by atoms with E-state index >= 15 is 0 Å². The van der Waals surface area contributed by atoms with Crippen molar-refractivity contribution in [3.05, 3.63) is 96.1 Å². The van der Waals surface area contributed by atoms with Gasteiger partial charge < -0.3 is 24.2 Å². The molecule has 0 saturated carbocycles. The standard InChI is InChI=1S/2C22H30O5S.Ca/c2*1-2-3-4-5-6-7-8-9-10-18-11-12-20(17-22(18)23)27-19-13-15-21(16-14-19)28(24,25)26;/h2*11-17,23H,2-10H2,1H3,(H,24,25,26);/q;;+2/p-2. The van der Waals surface area contributed by atoms with Gasteiger partial charge in [0.05, 0.1) is 9.79 Å². The van der Waals surface area contributed by atoms with Gasteiger partial charge in [0.2, 0.25) is 0 Å². The van der Waals surface area contributed by atoms with Crippen LogP contribution in [0.4, 0.5) is 0 Å². The summed E-state index contributed by atoms with van der Waals surface area (Å²) in [5.41, 5.74) is 1.69. The number of rotatable bonds is 24. The molecule has 4 rings (SSSR count). The minimum atomic E-state index is -4.48. The molecule has 4 aromatic rings. The molecule has 0 fully saturated rings. The first kappa shape index (κ1) is 50.3. The van der Waals surface area contributed by atoms with Crippen LogP contribution in [-0.4, -0.2) is 68.8 Å². The van der Waals surface area contributed by atoms with Gasteiger partial charge in [-0.3, -0.25) is 4.55 Å². The van der Waals surface area contributed by atoms with E-state index in [0.29, 0.717) is 23.0 Å². The molecule has 0 unspecified atom stereocenters. The van der Waals surface area contributed by atoms with Crippen LogP contribution in [-0.2, 0) is 33.1 Å². The second kappa shape index (κ2) is 27.0. The van der Waals surface area contributed by atoms with Crippen molar-refractivity contribution in [1.82, 2.24) is 0 Å². The average Bonchev–Trinajstić information content (AvgIpc) is 3.15. The molecule has 0 amide bonds. The molecule has 0 spiro atoms. The number of aryl methyl sites for hydroxylation is 2. The van der Waals surface area contributed by atoms with Crippen molar-refractivity contribution in [2.75, 3.05) is 0 Å². The van der Waals surface area contributed by atoms with Crippen LogP contribution in [0.5, 0.6) is 34.5 Å². The van der Waals surface area contributed by atoms with Gasteiger partial charge in [0.25, 0.3) is 10.1 Å². The van der Waals surface area contributed by atoms with Crippen molar-refractivity contribution in [1.29, 1.82) is 0 Å². The number of phenols is 1. The zero-order valence-electron chi connectivity index (χ0n) is 33.5. The second-order valence-corrected chi connectivity index (χ2v) is 16.9. The second-order valence-electron chi connectivity index (χ2n) is 14.1. The van der Waals surface area contributed by atoms with Crippen LogP contribution in [0.15, 0.2) is 94.7 Å². The van der Waals surface area contributed by atoms with Crippen LogP contribution < -0.4 is 14.6 Å². The molecule has 0 aliphatic heterocycles. The van der Waals surface area contributed by atoms with Gasteiger partial charge in [-0.25, -0.2) is 8.42 Å². The van der Waals surface area contributed by atoms with Crippen LogP contribution in [0.25, 0.3) is 0 Å². The van der Waals surface area contributed by atoms with E-state index in [1.807, 2.05) is 6.07 Å². The van der Waals surface area contributed by atoms with Crippen molar-refractivity contribution in [2.24, 2.45) is 0 Å². The molecule has 4 aromatic carbocycles. The average molecular weight is 851 g/mol. The van der Waals surface area contributed by atoms with Gasteiger partial charge in [0.1, 0.15) is 38.9 Å². The largest absolute Gasteiger partial charge is 2.00 e. The number of phenolic OH excluding ortho intramolecular Hbond substituents is 1. The summed E-state index contributed by atoms with van der Waals surface area (Å²) in [5.74, 6) is 1.79. The number of benzene rings is 4. The summed E-state index contributed by atoms with van der Waals surface area (Å²) in [6, 6.07) is 20.8. The first-order valence-corrected chi connectivity index (χ1v) is 22.8. The van der Waals surface area contributed by atoms with E-state index in [9.17, 15) is 31.6 Å². The van der Waals surface area contributed by atoms with Gasteiger partial charge in [-0.15, -0.1) is 5.75 Å². The Hall–Kier alpha value is -2.84. The van der Waals surface area contributed by atoms with Crippen LogP contribution in [0.1, 0.15) is 128 Å². The molecule has 0 aromatic heterocycles. The molecule has 0 aliphatic rings. The molecule has 57 heavy (non-hydrogen) atoms. The van der Waals surface area contributed by atoms with Gasteiger partial charge >= 0.3 is 37.7 Å². The number of unbranched alkanes of at least 4 members (excludes halogenated alkanes) is 14. The summed E-state index contributed by atoms with van der Waals surface area (Å²) in [7, 11) is -8.70. The summed E-state index contributed by atoms with van der Waals surface area (Å²) < 4.78 is 75.1. The van der Waals surface area contributed by atoms with E-state index in [0.717, 1.165) is 43.2 Å². The van der Waals surface area contributed by atoms with Crippen LogP contribution in [0, 0.1) is 0 Å². The molecule has 308 valence electrons. The van der Waals surface area contributed by atoms with Gasteiger partial charge in [-0.05, 0) is 98.0 Å². The van der Waals surface area contributed by atoms with E-state index in [1.54, 1.807) is 24.3 Å². The number of aromatic hydroxyl groups is 1. The van der Waals surface area contributed by atoms with E-state index in [2.05, 4.69) is 13.8 Å². The SMILES string of the molecule is CCCCCCCCCCc1ccc(Oc2ccc(S(=O)(=O)O)cc2)cc1O.CCCCCCCCCCc1ccc(Oc2ccc(S(=O)(=O)[O-])cc2)cc1[O-].[Ca+2]. The summed E-state index contributed by atoms with van der Waals surface area (Å²) in [5, 5.41) is 22.5. The monoisotopic (exact) mass is 850 g/mol. The Labute approximate surface area is 370 Å². The third-order valence-electron chi connectivity index (χ3n) is 9.40. The Kier molecular flexibility index (Phi) is 23.8. The summed E-state index contributed by atoms with van der Waals surface area (Å²) in [4.78, 5) is -0.506. The Morgan fingerprint density at radius 3 is 1.28 bits per heavy atom. The molecule has 0 saturated heterocycles. The van der Waals surface area contributed by atoms with Crippen molar-refractivity contribution in [3.8, 4) is 34.5 Å². The fraction of sp³-hybridized carbons (Fsp3) is 0.455. The van der Waals surface area contributed by atoms with Crippen molar-refractivity contribution >= 4 is 58.0 Å². The van der Waals surface area contributed by atoms with Crippen LogP contribution >= 0.6 is 0 Å². The molecular formula is C44H58CaO10S2. The van der Waals surface area contributed by atoms with Crippen molar-refractivity contribution in [2.45, 2.75) is 139 Å². The molecule has 0 aliphatic carbocycles. The minimum absolute atomic E-state index is 0. The smallest absolute Gasteiger partial charge is 0.872 e. The molecule has 0 atom stereocenters. The van der Waals surface area contributed by atoms with E-state index < -0.39 is 20.2 Å². The maximum atomic E-state index is 12.3. The maximum absolute atomic E-state index is 12.3. The van der Waals surface area contributed by atoms with Gasteiger partial charge in [0.15, 0.2) is 0 Å². The van der Waals surface area contributed by atoms with Crippen LogP contribution in [0.3, 0.4) is 0 Å². The first-order valence-electron chi connectivity index (χ1n) is 19.9. The topological polar surface area (TPSA) is 173 Å². The molecule has 0 bridgehead atoms. The fourth-order valence-electron chi connectivity index (χ4n) is 6.15. The zero-order chi connectivity index (χ0) is 40.8. The van der Waals surface area contributed by atoms with Crippen molar-refractivity contribution in [3.63, 3.8) is 0 Å². The van der Waals surface area contributed by atoms with E-state index in [1.165, 1.54) is 138 Å². The third kappa shape index (κ3) is 20.1. The normalized spacial score (nSPS) is 11.3. The van der Waals surface area contributed by atoms with Gasteiger partial charge in [-0.2, -0.15) is 8.42 Å². The Morgan fingerprint density at radius 1 is 0.509 bits per heavy atom. The summed E-state index contributed by atoms with van der Waals surface area (Å²) in [6.45, 7) is 4.44. The molecule has 0 heterocycles. The molecule has 0 radical (unpaired) electrons. The predicted octanol–water partition coefficient (Wildman–Crippen LogP) is 10.9. The Bertz CT molecular complexity index is 1810. The summed E-state index contributed by atoms with van der Waals surface area (Å²) in [6.07, 6.45) is 21.4. The van der Waals surface area contributed by atoms with Gasteiger partial charge in [-0.1, -0.05) is 121 Å². The van der Waals surface area contributed by atoms with E-state index in [-0.39, 0.29) is 59.0 Å².